The van der Waals surface area contributed by atoms with E-state index < -0.39 is 5.92 Å². The Labute approximate surface area is 154 Å². The highest BCUT2D eigenvalue weighted by molar-refractivity contribution is 9.10. The van der Waals surface area contributed by atoms with Crippen molar-refractivity contribution in [3.05, 3.63) is 51.0 Å². The summed E-state index contributed by atoms with van der Waals surface area (Å²) >= 11 is 3.43. The minimum Gasteiger partial charge on any atom is -0.481 e. The smallest absolute Gasteiger partial charge is 0.205 e. The topological polar surface area (TPSA) is 85.3 Å². The van der Waals surface area contributed by atoms with Crippen LogP contribution in [-0.4, -0.2) is 12.4 Å². The molecule has 0 unspecified atom stereocenters. The van der Waals surface area contributed by atoms with Gasteiger partial charge in [-0.25, -0.2) is 0 Å². The molecule has 3 rings (SSSR count). The first-order valence-corrected chi connectivity index (χ1v) is 8.55. The molecule has 1 atom stereocenters. The van der Waals surface area contributed by atoms with E-state index >= 15 is 0 Å². The second-order valence-electron chi connectivity index (χ2n) is 5.71. The van der Waals surface area contributed by atoms with Gasteiger partial charge >= 0.3 is 0 Å². The average Bonchev–Trinajstić information content (AvgIpc) is 2.59. The number of carbonyl (C=O) groups excluding carboxylic acids is 1. The van der Waals surface area contributed by atoms with Gasteiger partial charge in [0.05, 0.1) is 5.92 Å². The highest BCUT2D eigenvalue weighted by Crippen LogP contribution is 2.46. The first-order chi connectivity index (χ1) is 12.1. The van der Waals surface area contributed by atoms with E-state index in [2.05, 4.69) is 27.9 Å². The number of nitriles is 1. The van der Waals surface area contributed by atoms with Gasteiger partial charge in [-0.2, -0.15) is 5.26 Å². The quantitative estimate of drug-likeness (QED) is 0.789. The van der Waals surface area contributed by atoms with Crippen LogP contribution >= 0.6 is 15.9 Å². The van der Waals surface area contributed by atoms with Crippen LogP contribution in [-0.2, 0) is 9.53 Å². The zero-order valence-corrected chi connectivity index (χ0v) is 14.9. The van der Waals surface area contributed by atoms with Crippen molar-refractivity contribution < 1.29 is 14.3 Å². The molecule has 0 fully saturated rings. The maximum absolute atomic E-state index is 12.6. The fourth-order valence-electron chi connectivity index (χ4n) is 3.16. The van der Waals surface area contributed by atoms with E-state index in [0.29, 0.717) is 41.9 Å². The molecule has 1 aliphatic heterocycles. The monoisotopic (exact) mass is 398 g/mol. The number of terminal acetylenes is 1. The van der Waals surface area contributed by atoms with Crippen LogP contribution in [0.15, 0.2) is 45.5 Å². The number of nitrogens with two attached hydrogens (primary N) is 1. The van der Waals surface area contributed by atoms with E-state index in [1.165, 1.54) is 0 Å². The zero-order chi connectivity index (χ0) is 18.0. The second kappa shape index (κ2) is 7.04. The van der Waals surface area contributed by atoms with Gasteiger partial charge in [-0.3, -0.25) is 4.79 Å². The molecule has 0 saturated heterocycles. The number of ketones is 1. The van der Waals surface area contributed by atoms with Crippen molar-refractivity contribution in [3.8, 4) is 24.2 Å². The molecule has 126 valence electrons. The summed E-state index contributed by atoms with van der Waals surface area (Å²) in [5.41, 5.74) is 7.32. The third-order valence-electron chi connectivity index (χ3n) is 4.20. The minimum absolute atomic E-state index is 0.0313. The van der Waals surface area contributed by atoms with Crippen LogP contribution in [0.2, 0.25) is 0 Å². The lowest BCUT2D eigenvalue weighted by Gasteiger charge is -2.31. The van der Waals surface area contributed by atoms with Crippen molar-refractivity contribution in [2.24, 2.45) is 5.73 Å². The third-order valence-corrected chi connectivity index (χ3v) is 4.69. The van der Waals surface area contributed by atoms with Crippen LogP contribution in [0.1, 0.15) is 30.7 Å². The Morgan fingerprint density at radius 2 is 2.24 bits per heavy atom. The van der Waals surface area contributed by atoms with Gasteiger partial charge in [0.15, 0.2) is 5.78 Å². The summed E-state index contributed by atoms with van der Waals surface area (Å²) in [6.45, 7) is 0.0821. The van der Waals surface area contributed by atoms with Gasteiger partial charge in [0.2, 0.25) is 5.88 Å². The molecule has 0 saturated carbocycles. The summed E-state index contributed by atoms with van der Waals surface area (Å²) in [5, 5.41) is 9.62. The maximum Gasteiger partial charge on any atom is 0.205 e. The second-order valence-corrected chi connectivity index (χ2v) is 6.63. The van der Waals surface area contributed by atoms with E-state index in [4.69, 9.17) is 21.6 Å². The lowest BCUT2D eigenvalue weighted by atomic mass is 9.77. The predicted octanol–water partition coefficient (Wildman–Crippen LogP) is 3.28. The van der Waals surface area contributed by atoms with Crippen molar-refractivity contribution in [3.63, 3.8) is 0 Å². The van der Waals surface area contributed by atoms with Gasteiger partial charge in [-0.1, -0.05) is 21.9 Å². The number of hydrogen-bond donors (Lipinski definition) is 1. The molecule has 2 N–H and O–H groups in total. The molecule has 25 heavy (non-hydrogen) atoms. The Hall–Kier alpha value is -2.70. The third kappa shape index (κ3) is 3.14. The lowest BCUT2D eigenvalue weighted by Crippen LogP contribution is -2.27. The van der Waals surface area contributed by atoms with Crippen LogP contribution in [0.4, 0.5) is 0 Å². The number of hydrogen-bond acceptors (Lipinski definition) is 5. The van der Waals surface area contributed by atoms with Crippen LogP contribution < -0.4 is 10.5 Å². The Kier molecular flexibility index (Phi) is 4.83. The summed E-state index contributed by atoms with van der Waals surface area (Å²) in [5.74, 6) is 2.86. The largest absolute Gasteiger partial charge is 0.481 e. The van der Waals surface area contributed by atoms with Gasteiger partial charge in [0, 0.05) is 28.5 Å². The summed E-state index contributed by atoms with van der Waals surface area (Å²) in [4.78, 5) is 12.6. The van der Waals surface area contributed by atoms with Gasteiger partial charge in [0.1, 0.15) is 29.8 Å². The molecular formula is C19H15BrN2O3. The van der Waals surface area contributed by atoms with Crippen LogP contribution in [0.3, 0.4) is 0 Å². The minimum atomic E-state index is -0.619. The van der Waals surface area contributed by atoms with Gasteiger partial charge in [-0.05, 0) is 24.6 Å². The summed E-state index contributed by atoms with van der Waals surface area (Å²) in [6.07, 6.45) is 7.04. The number of ether oxygens (including phenoxy) is 2. The van der Waals surface area contributed by atoms with E-state index in [1.54, 1.807) is 6.07 Å². The number of halogens is 1. The highest BCUT2D eigenvalue weighted by atomic mass is 79.9. The van der Waals surface area contributed by atoms with E-state index in [0.717, 1.165) is 4.47 Å². The Bertz CT molecular complexity index is 887. The molecule has 0 amide bonds. The Morgan fingerprint density at radius 3 is 2.96 bits per heavy atom. The molecule has 1 heterocycles. The van der Waals surface area contributed by atoms with E-state index in [-0.39, 0.29) is 23.8 Å². The normalized spacial score (nSPS) is 19.6. The van der Waals surface area contributed by atoms with Gasteiger partial charge in [0.25, 0.3) is 0 Å². The molecule has 0 spiro atoms. The first-order valence-electron chi connectivity index (χ1n) is 7.76. The van der Waals surface area contributed by atoms with Crippen LogP contribution in [0, 0.1) is 23.7 Å². The maximum atomic E-state index is 12.6. The average molecular weight is 399 g/mol. The molecule has 1 aromatic carbocycles. The van der Waals surface area contributed by atoms with Gasteiger partial charge < -0.3 is 15.2 Å². The molecule has 1 aromatic rings. The van der Waals surface area contributed by atoms with Crippen LogP contribution in [0.5, 0.6) is 5.75 Å². The molecule has 0 aromatic heterocycles. The molecule has 1 aliphatic carbocycles. The van der Waals surface area contributed by atoms with E-state index in [9.17, 15) is 10.1 Å². The lowest BCUT2D eigenvalue weighted by molar-refractivity contribution is -0.116. The molecule has 2 aliphatic rings. The van der Waals surface area contributed by atoms with Crippen molar-refractivity contribution in [1.29, 1.82) is 5.26 Å². The fraction of sp³-hybridized carbons (Fsp3) is 0.263. The van der Waals surface area contributed by atoms with Crippen molar-refractivity contribution in [2.75, 3.05) is 6.61 Å². The molecule has 0 bridgehead atoms. The number of nitrogens with zero attached hydrogens (tertiary/aromatic N) is 1. The number of allylic oxidation sites excluding steroid dienone is 3. The number of rotatable bonds is 3. The first kappa shape index (κ1) is 17.1. The molecular weight excluding hydrogens is 384 g/mol. The Morgan fingerprint density at radius 1 is 1.44 bits per heavy atom. The number of carbonyl (C=O) groups is 1. The van der Waals surface area contributed by atoms with Gasteiger partial charge in [-0.15, -0.1) is 6.42 Å². The molecule has 0 radical (unpaired) electrons. The SMILES string of the molecule is C#CCOc1ccc(Br)cc1[C@@H]1C(C#N)=C(N)OC2=C1C(=O)CCC2. The Balaban J connectivity index is 2.21. The highest BCUT2D eigenvalue weighted by Gasteiger charge is 2.39. The van der Waals surface area contributed by atoms with Crippen molar-refractivity contribution >= 4 is 21.7 Å². The van der Waals surface area contributed by atoms with Crippen molar-refractivity contribution in [1.82, 2.24) is 0 Å². The van der Waals surface area contributed by atoms with Crippen molar-refractivity contribution in [2.45, 2.75) is 25.2 Å². The van der Waals surface area contributed by atoms with Crippen LogP contribution in [0.25, 0.3) is 0 Å². The number of Topliss-reactive ketones (excluding diaryl/α,β-unsaturated/α-hetero) is 1. The molecule has 5 nitrogen and oxygen atoms in total. The predicted molar refractivity (Wildman–Crippen MR) is 95.0 cm³/mol. The summed E-state index contributed by atoms with van der Waals surface area (Å²) < 4.78 is 12.0. The zero-order valence-electron chi connectivity index (χ0n) is 13.3. The standard InChI is InChI=1S/C19H15BrN2O3/c1-2-8-24-15-7-6-11(20)9-12(15)17-13(10-21)19(22)25-16-5-3-4-14(23)18(16)17/h1,6-7,9,17H,3-5,8,22H2/t17-/m1/s1. The fourth-order valence-corrected chi connectivity index (χ4v) is 3.54. The summed E-state index contributed by atoms with van der Waals surface area (Å²) in [7, 11) is 0. The number of benzene rings is 1. The van der Waals surface area contributed by atoms with E-state index in [1.807, 2.05) is 12.1 Å². The molecule has 6 heteroatoms. The summed E-state index contributed by atoms with van der Waals surface area (Å²) in [6, 6.07) is 7.48.